The van der Waals surface area contributed by atoms with E-state index in [1.54, 1.807) is 20.0 Å². The van der Waals surface area contributed by atoms with Gasteiger partial charge in [-0.2, -0.15) is 0 Å². The fourth-order valence-corrected chi connectivity index (χ4v) is 1.60. The number of esters is 1. The number of hydrogen-bond acceptors (Lipinski definition) is 4. The third-order valence-electron chi connectivity index (χ3n) is 2.60. The summed E-state index contributed by atoms with van der Waals surface area (Å²) >= 11 is 0. The number of nitrogens with zero attached hydrogens (tertiary/aromatic N) is 1. The van der Waals surface area contributed by atoms with Crippen molar-refractivity contribution in [1.82, 2.24) is 4.90 Å². The van der Waals surface area contributed by atoms with E-state index in [2.05, 4.69) is 0 Å². The number of carbonyl (C=O) groups excluding carboxylic acids is 2. The quantitative estimate of drug-likeness (QED) is 0.726. The molecule has 0 fully saturated rings. The Kier molecular flexibility index (Phi) is 5.42. The summed E-state index contributed by atoms with van der Waals surface area (Å²) in [5.74, 6) is 0.243. The molecule has 1 aromatic heterocycles. The average molecular weight is 253 g/mol. The highest BCUT2D eigenvalue weighted by Gasteiger charge is 2.18. The molecule has 0 saturated heterocycles. The number of aryl methyl sites for hydroxylation is 1. The van der Waals surface area contributed by atoms with Crippen LogP contribution in [0.2, 0.25) is 0 Å². The lowest BCUT2D eigenvalue weighted by molar-refractivity contribution is -0.143. The van der Waals surface area contributed by atoms with Gasteiger partial charge in [0.1, 0.15) is 5.76 Å². The number of rotatable bonds is 6. The Morgan fingerprint density at radius 3 is 2.72 bits per heavy atom. The molecule has 5 nitrogen and oxygen atoms in total. The van der Waals surface area contributed by atoms with E-state index in [0.29, 0.717) is 30.9 Å². The van der Waals surface area contributed by atoms with Crippen LogP contribution in [0.4, 0.5) is 0 Å². The zero-order chi connectivity index (χ0) is 13.5. The van der Waals surface area contributed by atoms with E-state index in [-0.39, 0.29) is 18.3 Å². The topological polar surface area (TPSA) is 59.8 Å². The first-order valence-corrected chi connectivity index (χ1v) is 6.07. The Bertz CT molecular complexity index is 411. The van der Waals surface area contributed by atoms with Crippen LogP contribution >= 0.6 is 0 Å². The van der Waals surface area contributed by atoms with E-state index in [1.807, 2.05) is 6.92 Å². The van der Waals surface area contributed by atoms with Gasteiger partial charge >= 0.3 is 5.97 Å². The van der Waals surface area contributed by atoms with Gasteiger partial charge in [-0.3, -0.25) is 9.59 Å². The first kappa shape index (κ1) is 14.3. The lowest BCUT2D eigenvalue weighted by Crippen LogP contribution is -2.29. The van der Waals surface area contributed by atoms with Gasteiger partial charge in [-0.15, -0.1) is 0 Å². The lowest BCUT2D eigenvalue weighted by atomic mass is 10.2. The van der Waals surface area contributed by atoms with Crippen LogP contribution in [0.1, 0.15) is 36.4 Å². The third-order valence-corrected chi connectivity index (χ3v) is 2.60. The molecule has 1 rings (SSSR count). The smallest absolute Gasteiger partial charge is 0.307 e. The maximum Gasteiger partial charge on any atom is 0.307 e. The van der Waals surface area contributed by atoms with Crippen LogP contribution in [0, 0.1) is 0 Å². The van der Waals surface area contributed by atoms with Gasteiger partial charge < -0.3 is 14.1 Å². The Labute approximate surface area is 107 Å². The van der Waals surface area contributed by atoms with Crippen LogP contribution in [0.3, 0.4) is 0 Å². The fraction of sp³-hybridized carbons (Fsp3) is 0.538. The molecule has 0 N–H and O–H groups in total. The molecule has 5 heteroatoms. The molecule has 0 unspecified atom stereocenters. The summed E-state index contributed by atoms with van der Waals surface area (Å²) in [6.45, 7) is 4.38. The largest absolute Gasteiger partial charge is 0.469 e. The minimum absolute atomic E-state index is 0.134. The maximum absolute atomic E-state index is 12.1. The summed E-state index contributed by atoms with van der Waals surface area (Å²) in [4.78, 5) is 24.8. The summed E-state index contributed by atoms with van der Waals surface area (Å²) in [6, 6.07) is 1.65. The number of amides is 1. The summed E-state index contributed by atoms with van der Waals surface area (Å²) in [5.41, 5.74) is 0.559. The Morgan fingerprint density at radius 1 is 1.39 bits per heavy atom. The SMILES string of the molecule is CCOC(=O)CCN(C)C(=O)c1ccoc1CC. The molecule has 0 bridgehead atoms. The van der Waals surface area contributed by atoms with Gasteiger partial charge in [-0.05, 0) is 13.0 Å². The van der Waals surface area contributed by atoms with Gasteiger partial charge in [0, 0.05) is 20.0 Å². The van der Waals surface area contributed by atoms with Crippen LogP contribution in [0.5, 0.6) is 0 Å². The summed E-state index contributed by atoms with van der Waals surface area (Å²) in [6.07, 6.45) is 2.38. The molecular formula is C13H19NO4. The number of furan rings is 1. The van der Waals surface area contributed by atoms with Crippen molar-refractivity contribution in [3.8, 4) is 0 Å². The van der Waals surface area contributed by atoms with Crippen molar-refractivity contribution in [2.75, 3.05) is 20.2 Å². The molecule has 1 heterocycles. The molecular weight excluding hydrogens is 234 g/mol. The predicted molar refractivity (Wildman–Crippen MR) is 66.3 cm³/mol. The van der Waals surface area contributed by atoms with Crippen LogP contribution in [-0.2, 0) is 16.0 Å². The fourth-order valence-electron chi connectivity index (χ4n) is 1.60. The minimum atomic E-state index is -0.292. The van der Waals surface area contributed by atoms with Crippen molar-refractivity contribution >= 4 is 11.9 Å². The van der Waals surface area contributed by atoms with Gasteiger partial charge in [0.05, 0.1) is 24.9 Å². The van der Waals surface area contributed by atoms with E-state index < -0.39 is 0 Å². The highest BCUT2D eigenvalue weighted by atomic mass is 16.5. The zero-order valence-electron chi connectivity index (χ0n) is 11.1. The second-order valence-corrected chi connectivity index (χ2v) is 3.89. The van der Waals surface area contributed by atoms with E-state index in [9.17, 15) is 9.59 Å². The molecule has 0 aromatic carbocycles. The molecule has 0 atom stereocenters. The van der Waals surface area contributed by atoms with Crippen LogP contribution in [0.15, 0.2) is 16.7 Å². The van der Waals surface area contributed by atoms with E-state index in [0.717, 1.165) is 0 Å². The van der Waals surface area contributed by atoms with E-state index in [1.165, 1.54) is 11.2 Å². The molecule has 18 heavy (non-hydrogen) atoms. The molecule has 0 aliphatic heterocycles. The van der Waals surface area contributed by atoms with Crippen molar-refractivity contribution < 1.29 is 18.7 Å². The van der Waals surface area contributed by atoms with Crippen molar-refractivity contribution in [1.29, 1.82) is 0 Å². The van der Waals surface area contributed by atoms with Gasteiger partial charge in [-0.25, -0.2) is 0 Å². The second-order valence-electron chi connectivity index (χ2n) is 3.89. The number of hydrogen-bond donors (Lipinski definition) is 0. The molecule has 0 radical (unpaired) electrons. The highest BCUT2D eigenvalue weighted by molar-refractivity contribution is 5.95. The Hall–Kier alpha value is -1.78. The van der Waals surface area contributed by atoms with Crippen molar-refractivity contribution in [3.63, 3.8) is 0 Å². The molecule has 0 saturated carbocycles. The van der Waals surface area contributed by atoms with Gasteiger partial charge in [0.15, 0.2) is 0 Å². The molecule has 0 aliphatic rings. The second kappa shape index (κ2) is 6.83. The number of ether oxygens (including phenoxy) is 1. The van der Waals surface area contributed by atoms with Gasteiger partial charge in [0.2, 0.25) is 0 Å². The third kappa shape index (κ3) is 3.61. The first-order valence-electron chi connectivity index (χ1n) is 6.07. The predicted octanol–water partition coefficient (Wildman–Crippen LogP) is 1.87. The Morgan fingerprint density at radius 2 is 2.11 bits per heavy atom. The monoisotopic (exact) mass is 253 g/mol. The van der Waals surface area contributed by atoms with Crippen LogP contribution < -0.4 is 0 Å². The Balaban J connectivity index is 2.54. The summed E-state index contributed by atoms with van der Waals surface area (Å²) < 4.78 is 10.0. The van der Waals surface area contributed by atoms with Crippen molar-refractivity contribution in [2.24, 2.45) is 0 Å². The van der Waals surface area contributed by atoms with Crippen LogP contribution in [0.25, 0.3) is 0 Å². The molecule has 1 amide bonds. The molecule has 0 spiro atoms. The van der Waals surface area contributed by atoms with Crippen molar-refractivity contribution in [3.05, 3.63) is 23.7 Å². The van der Waals surface area contributed by atoms with E-state index >= 15 is 0 Å². The maximum atomic E-state index is 12.1. The summed E-state index contributed by atoms with van der Waals surface area (Å²) in [7, 11) is 1.66. The van der Waals surface area contributed by atoms with Crippen molar-refractivity contribution in [2.45, 2.75) is 26.7 Å². The highest BCUT2D eigenvalue weighted by Crippen LogP contribution is 2.13. The average Bonchev–Trinajstić information content (AvgIpc) is 2.83. The number of carbonyl (C=O) groups is 2. The zero-order valence-corrected chi connectivity index (χ0v) is 11.1. The van der Waals surface area contributed by atoms with Gasteiger partial charge in [-0.1, -0.05) is 6.92 Å². The van der Waals surface area contributed by atoms with Crippen LogP contribution in [-0.4, -0.2) is 37.0 Å². The summed E-state index contributed by atoms with van der Waals surface area (Å²) in [5, 5.41) is 0. The molecule has 100 valence electrons. The lowest BCUT2D eigenvalue weighted by Gasteiger charge is -2.16. The molecule has 0 aliphatic carbocycles. The first-order chi connectivity index (χ1) is 8.60. The standard InChI is InChI=1S/C13H19NO4/c1-4-11-10(7-9-18-11)13(16)14(3)8-6-12(15)17-5-2/h7,9H,4-6,8H2,1-3H3. The normalized spacial score (nSPS) is 10.2. The minimum Gasteiger partial charge on any atom is -0.469 e. The van der Waals surface area contributed by atoms with Gasteiger partial charge in [0.25, 0.3) is 5.91 Å². The molecule has 1 aromatic rings. The van der Waals surface area contributed by atoms with E-state index in [4.69, 9.17) is 9.15 Å².